The monoisotopic (exact) mass is 213 g/mol. The molecule has 0 heterocycles. The molecule has 1 rings (SSSR count). The SMILES string of the molecule is O=C(O)CCCNc1cccc(Cl)c1. The number of hydrogen-bond donors (Lipinski definition) is 2. The number of halogens is 1. The van der Waals surface area contributed by atoms with Gasteiger partial charge in [-0.05, 0) is 24.6 Å². The fourth-order valence-electron chi connectivity index (χ4n) is 1.07. The Morgan fingerprint density at radius 3 is 2.93 bits per heavy atom. The largest absolute Gasteiger partial charge is 0.481 e. The maximum absolute atomic E-state index is 10.2. The van der Waals surface area contributed by atoms with Crippen molar-refractivity contribution in [2.24, 2.45) is 0 Å². The van der Waals surface area contributed by atoms with Gasteiger partial charge in [-0.3, -0.25) is 4.79 Å². The molecule has 0 saturated heterocycles. The first kappa shape index (κ1) is 10.9. The fraction of sp³-hybridized carbons (Fsp3) is 0.300. The van der Waals surface area contributed by atoms with E-state index in [1.54, 1.807) is 6.07 Å². The molecule has 0 atom stereocenters. The normalized spacial score (nSPS) is 9.79. The molecule has 1 aromatic carbocycles. The molecule has 4 heteroatoms. The summed E-state index contributed by atoms with van der Waals surface area (Å²) in [5.74, 6) is -0.766. The zero-order valence-corrected chi connectivity index (χ0v) is 8.42. The lowest BCUT2D eigenvalue weighted by Gasteiger charge is -2.04. The van der Waals surface area contributed by atoms with Gasteiger partial charge in [-0.25, -0.2) is 0 Å². The van der Waals surface area contributed by atoms with Crippen LogP contribution in [0, 0.1) is 0 Å². The molecule has 1 aromatic rings. The van der Waals surface area contributed by atoms with E-state index < -0.39 is 5.97 Å². The lowest BCUT2D eigenvalue weighted by atomic mass is 10.3. The minimum absolute atomic E-state index is 0.188. The van der Waals surface area contributed by atoms with Crippen LogP contribution in [0.25, 0.3) is 0 Å². The van der Waals surface area contributed by atoms with Crippen LogP contribution < -0.4 is 5.32 Å². The quantitative estimate of drug-likeness (QED) is 0.740. The topological polar surface area (TPSA) is 49.3 Å². The summed E-state index contributed by atoms with van der Waals surface area (Å²) < 4.78 is 0. The van der Waals surface area contributed by atoms with Gasteiger partial charge >= 0.3 is 5.97 Å². The van der Waals surface area contributed by atoms with Crippen molar-refractivity contribution in [3.8, 4) is 0 Å². The zero-order valence-electron chi connectivity index (χ0n) is 7.66. The second-order valence-electron chi connectivity index (χ2n) is 2.93. The van der Waals surface area contributed by atoms with Crippen molar-refractivity contribution < 1.29 is 9.90 Å². The molecule has 76 valence electrons. The third kappa shape index (κ3) is 4.14. The fourth-order valence-corrected chi connectivity index (χ4v) is 1.26. The summed E-state index contributed by atoms with van der Waals surface area (Å²) in [5, 5.41) is 12.2. The molecule has 0 aliphatic carbocycles. The Morgan fingerprint density at radius 2 is 2.29 bits per heavy atom. The Labute approximate surface area is 87.7 Å². The van der Waals surface area contributed by atoms with Crippen LogP contribution in [0.5, 0.6) is 0 Å². The van der Waals surface area contributed by atoms with Crippen LogP contribution in [0.4, 0.5) is 5.69 Å². The average Bonchev–Trinajstić information content (AvgIpc) is 2.12. The second kappa shape index (κ2) is 5.50. The van der Waals surface area contributed by atoms with Gasteiger partial charge < -0.3 is 10.4 Å². The molecule has 0 unspecified atom stereocenters. The average molecular weight is 214 g/mol. The highest BCUT2D eigenvalue weighted by Crippen LogP contribution is 2.14. The summed E-state index contributed by atoms with van der Waals surface area (Å²) in [6.45, 7) is 0.645. The molecule has 0 aliphatic heterocycles. The maximum atomic E-state index is 10.2. The van der Waals surface area contributed by atoms with Gasteiger partial charge in [0.2, 0.25) is 0 Å². The molecule has 0 fully saturated rings. The number of carbonyl (C=O) groups is 1. The summed E-state index contributed by atoms with van der Waals surface area (Å²) in [7, 11) is 0. The van der Waals surface area contributed by atoms with Crippen molar-refractivity contribution >= 4 is 23.3 Å². The highest BCUT2D eigenvalue weighted by Gasteiger charge is 1.96. The van der Waals surface area contributed by atoms with E-state index in [1.807, 2.05) is 18.2 Å². The molecule has 0 saturated carbocycles. The highest BCUT2D eigenvalue weighted by molar-refractivity contribution is 6.30. The Bertz CT molecular complexity index is 315. The number of carboxylic acids is 1. The van der Waals surface area contributed by atoms with E-state index in [0.29, 0.717) is 18.0 Å². The Kier molecular flexibility index (Phi) is 4.26. The summed E-state index contributed by atoms with van der Waals surface area (Å²) >= 11 is 5.77. The molecule has 0 aliphatic rings. The van der Waals surface area contributed by atoms with E-state index >= 15 is 0 Å². The molecule has 0 spiro atoms. The van der Waals surface area contributed by atoms with Gasteiger partial charge in [-0.15, -0.1) is 0 Å². The lowest BCUT2D eigenvalue weighted by Crippen LogP contribution is -2.04. The van der Waals surface area contributed by atoms with Gasteiger partial charge in [-0.1, -0.05) is 17.7 Å². The van der Waals surface area contributed by atoms with Gasteiger partial charge in [0.25, 0.3) is 0 Å². The van der Waals surface area contributed by atoms with Gasteiger partial charge in [0.1, 0.15) is 0 Å². The molecule has 0 bridgehead atoms. The molecular formula is C10H12ClNO2. The molecule has 0 radical (unpaired) electrons. The Balaban J connectivity index is 2.28. The van der Waals surface area contributed by atoms with Gasteiger partial charge in [-0.2, -0.15) is 0 Å². The van der Waals surface area contributed by atoms with Crippen molar-refractivity contribution in [3.05, 3.63) is 29.3 Å². The van der Waals surface area contributed by atoms with Crippen LogP contribution >= 0.6 is 11.6 Å². The van der Waals surface area contributed by atoms with Crippen molar-refractivity contribution in [3.63, 3.8) is 0 Å². The number of benzene rings is 1. The molecule has 3 nitrogen and oxygen atoms in total. The van der Waals surface area contributed by atoms with Crippen LogP contribution in [0.15, 0.2) is 24.3 Å². The number of carboxylic acid groups (broad SMARTS) is 1. The van der Waals surface area contributed by atoms with E-state index in [-0.39, 0.29) is 6.42 Å². The molecular weight excluding hydrogens is 202 g/mol. The predicted octanol–water partition coefficient (Wildman–Crippen LogP) is 2.62. The third-order valence-corrected chi connectivity index (χ3v) is 1.96. The lowest BCUT2D eigenvalue weighted by molar-refractivity contribution is -0.137. The third-order valence-electron chi connectivity index (χ3n) is 1.72. The van der Waals surface area contributed by atoms with Crippen LogP contribution in [-0.4, -0.2) is 17.6 Å². The maximum Gasteiger partial charge on any atom is 0.303 e. The van der Waals surface area contributed by atoms with E-state index in [0.717, 1.165) is 5.69 Å². The van der Waals surface area contributed by atoms with Gasteiger partial charge in [0.05, 0.1) is 0 Å². The Hall–Kier alpha value is -1.22. The number of nitrogens with one attached hydrogen (secondary N) is 1. The van der Waals surface area contributed by atoms with E-state index in [1.165, 1.54) is 0 Å². The van der Waals surface area contributed by atoms with Crippen molar-refractivity contribution in [2.45, 2.75) is 12.8 Å². The molecule has 0 amide bonds. The van der Waals surface area contributed by atoms with Crippen LogP contribution in [0.3, 0.4) is 0 Å². The van der Waals surface area contributed by atoms with E-state index in [2.05, 4.69) is 5.32 Å². The van der Waals surface area contributed by atoms with E-state index in [9.17, 15) is 4.79 Å². The summed E-state index contributed by atoms with van der Waals surface area (Å²) in [6, 6.07) is 7.35. The van der Waals surface area contributed by atoms with Crippen molar-refractivity contribution in [2.75, 3.05) is 11.9 Å². The smallest absolute Gasteiger partial charge is 0.303 e. The molecule has 2 N–H and O–H groups in total. The predicted molar refractivity (Wildman–Crippen MR) is 56.8 cm³/mol. The van der Waals surface area contributed by atoms with Crippen LogP contribution in [0.1, 0.15) is 12.8 Å². The minimum Gasteiger partial charge on any atom is -0.481 e. The first-order chi connectivity index (χ1) is 6.68. The Morgan fingerprint density at radius 1 is 1.50 bits per heavy atom. The van der Waals surface area contributed by atoms with Crippen LogP contribution in [-0.2, 0) is 4.79 Å². The first-order valence-electron chi connectivity index (χ1n) is 4.40. The number of hydrogen-bond acceptors (Lipinski definition) is 2. The highest BCUT2D eigenvalue weighted by atomic mass is 35.5. The van der Waals surface area contributed by atoms with E-state index in [4.69, 9.17) is 16.7 Å². The number of rotatable bonds is 5. The van der Waals surface area contributed by atoms with Crippen molar-refractivity contribution in [1.29, 1.82) is 0 Å². The number of anilines is 1. The van der Waals surface area contributed by atoms with Gasteiger partial charge in [0.15, 0.2) is 0 Å². The molecule has 0 aromatic heterocycles. The van der Waals surface area contributed by atoms with Crippen molar-refractivity contribution in [1.82, 2.24) is 0 Å². The molecule has 14 heavy (non-hydrogen) atoms. The summed E-state index contributed by atoms with van der Waals surface area (Å²) in [4.78, 5) is 10.2. The number of aliphatic carboxylic acids is 1. The minimum atomic E-state index is -0.766. The summed E-state index contributed by atoms with van der Waals surface area (Å²) in [6.07, 6.45) is 0.801. The standard InChI is InChI=1S/C10H12ClNO2/c11-8-3-1-4-9(7-8)12-6-2-5-10(13)14/h1,3-4,7,12H,2,5-6H2,(H,13,14). The second-order valence-corrected chi connectivity index (χ2v) is 3.37. The van der Waals surface area contributed by atoms with Gasteiger partial charge in [0, 0.05) is 23.7 Å². The van der Waals surface area contributed by atoms with Crippen LogP contribution in [0.2, 0.25) is 5.02 Å². The summed E-state index contributed by atoms with van der Waals surface area (Å²) in [5.41, 5.74) is 0.919. The first-order valence-corrected chi connectivity index (χ1v) is 4.77. The zero-order chi connectivity index (χ0) is 10.4.